The standard InChI is InChI=1S/C25H25N5O3/c1-32-21-14-17-13-20-23(25(31)27-9-6-11-29-12-10-26-16-29)28-30(18-7-4-3-5-8-18)24(20)19(17)15-22(21)33-2/h3-5,7-8,10,12,14-16H,6,9,11,13H2,1-2H3,(H,27,31). The summed E-state index contributed by atoms with van der Waals surface area (Å²) in [5.41, 5.74) is 5.26. The van der Waals surface area contributed by atoms with Gasteiger partial charge in [-0.05, 0) is 36.2 Å². The lowest BCUT2D eigenvalue weighted by Gasteiger charge is -2.12. The maximum absolute atomic E-state index is 13.2. The van der Waals surface area contributed by atoms with E-state index in [0.29, 0.717) is 30.2 Å². The third-order valence-electron chi connectivity index (χ3n) is 5.87. The van der Waals surface area contributed by atoms with Gasteiger partial charge in [-0.1, -0.05) is 18.2 Å². The van der Waals surface area contributed by atoms with Crippen molar-refractivity contribution >= 4 is 5.91 Å². The van der Waals surface area contributed by atoms with Gasteiger partial charge < -0.3 is 19.4 Å². The van der Waals surface area contributed by atoms with E-state index < -0.39 is 0 Å². The second-order valence-corrected chi connectivity index (χ2v) is 7.87. The lowest BCUT2D eigenvalue weighted by molar-refractivity contribution is 0.0946. The van der Waals surface area contributed by atoms with Crippen molar-refractivity contribution in [3.63, 3.8) is 0 Å². The SMILES string of the molecule is COc1cc2c(cc1OC)-c1c(c(C(=O)NCCCn3ccnc3)nn1-c1ccccc1)C2. The van der Waals surface area contributed by atoms with Gasteiger partial charge >= 0.3 is 0 Å². The monoisotopic (exact) mass is 443 g/mol. The Balaban J connectivity index is 1.48. The number of nitrogens with one attached hydrogen (secondary N) is 1. The number of amides is 1. The molecule has 1 aliphatic carbocycles. The van der Waals surface area contributed by atoms with E-state index in [0.717, 1.165) is 41.0 Å². The summed E-state index contributed by atoms with van der Waals surface area (Å²) in [4.78, 5) is 17.2. The number of ether oxygens (including phenoxy) is 2. The maximum Gasteiger partial charge on any atom is 0.272 e. The van der Waals surface area contributed by atoms with E-state index in [1.807, 2.05) is 57.9 Å². The number of imidazole rings is 1. The highest BCUT2D eigenvalue weighted by Crippen LogP contribution is 2.44. The van der Waals surface area contributed by atoms with Gasteiger partial charge in [0.1, 0.15) is 0 Å². The quantitative estimate of drug-likeness (QED) is 0.371. The van der Waals surface area contributed by atoms with Gasteiger partial charge in [-0.25, -0.2) is 9.67 Å². The number of hydrogen-bond donors (Lipinski definition) is 1. The van der Waals surface area contributed by atoms with E-state index in [-0.39, 0.29) is 5.91 Å². The molecule has 1 N–H and O–H groups in total. The van der Waals surface area contributed by atoms with Crippen LogP contribution in [0.15, 0.2) is 61.2 Å². The van der Waals surface area contributed by atoms with E-state index in [4.69, 9.17) is 14.6 Å². The molecule has 0 saturated heterocycles. The highest BCUT2D eigenvalue weighted by Gasteiger charge is 2.32. The summed E-state index contributed by atoms with van der Waals surface area (Å²) in [6.45, 7) is 1.35. The predicted octanol–water partition coefficient (Wildman–Crippen LogP) is 3.48. The summed E-state index contributed by atoms with van der Waals surface area (Å²) in [6.07, 6.45) is 6.85. The van der Waals surface area contributed by atoms with Crippen molar-refractivity contribution in [1.82, 2.24) is 24.6 Å². The molecular formula is C25H25N5O3. The average Bonchev–Trinajstić information content (AvgIpc) is 3.57. The Kier molecular flexibility index (Phi) is 5.56. The Labute approximate surface area is 191 Å². The molecule has 33 heavy (non-hydrogen) atoms. The van der Waals surface area contributed by atoms with Gasteiger partial charge in [-0.15, -0.1) is 0 Å². The zero-order valence-electron chi connectivity index (χ0n) is 18.6. The molecule has 2 heterocycles. The fourth-order valence-corrected chi connectivity index (χ4v) is 4.28. The predicted molar refractivity (Wildman–Crippen MR) is 124 cm³/mol. The Morgan fingerprint density at radius 1 is 1.12 bits per heavy atom. The van der Waals surface area contributed by atoms with Gasteiger partial charge in [0, 0.05) is 43.0 Å². The van der Waals surface area contributed by atoms with Crippen LogP contribution < -0.4 is 14.8 Å². The van der Waals surface area contributed by atoms with Crippen molar-refractivity contribution in [3.8, 4) is 28.4 Å². The molecule has 0 atom stereocenters. The maximum atomic E-state index is 13.2. The van der Waals surface area contributed by atoms with Crippen LogP contribution in [0.4, 0.5) is 0 Å². The van der Waals surface area contributed by atoms with Crippen LogP contribution in [0.3, 0.4) is 0 Å². The molecule has 8 heteroatoms. The van der Waals surface area contributed by atoms with Gasteiger partial charge in [-0.2, -0.15) is 5.10 Å². The number of aromatic nitrogens is 4. The van der Waals surface area contributed by atoms with Crippen LogP contribution in [-0.4, -0.2) is 46.0 Å². The molecule has 0 spiro atoms. The third kappa shape index (κ3) is 3.84. The molecule has 2 aromatic heterocycles. The summed E-state index contributed by atoms with van der Waals surface area (Å²) in [5, 5.41) is 7.77. The zero-order valence-corrected chi connectivity index (χ0v) is 18.6. The first-order chi connectivity index (χ1) is 16.2. The van der Waals surface area contributed by atoms with Crippen LogP contribution in [0.2, 0.25) is 0 Å². The second kappa shape index (κ2) is 8.82. The summed E-state index contributed by atoms with van der Waals surface area (Å²) >= 11 is 0. The summed E-state index contributed by atoms with van der Waals surface area (Å²) < 4.78 is 14.9. The Bertz CT molecular complexity index is 1280. The van der Waals surface area contributed by atoms with Gasteiger partial charge in [0.15, 0.2) is 17.2 Å². The van der Waals surface area contributed by atoms with Crippen LogP contribution in [0.25, 0.3) is 16.9 Å². The number of benzene rings is 2. The first kappa shape index (κ1) is 20.8. The van der Waals surface area contributed by atoms with Crippen LogP contribution in [0, 0.1) is 0 Å². The third-order valence-corrected chi connectivity index (χ3v) is 5.87. The molecule has 0 bridgehead atoms. The summed E-state index contributed by atoms with van der Waals surface area (Å²) in [5.74, 6) is 1.15. The number of rotatable bonds is 8. The molecule has 1 amide bonds. The van der Waals surface area contributed by atoms with E-state index in [9.17, 15) is 4.79 Å². The minimum absolute atomic E-state index is 0.168. The molecule has 168 valence electrons. The molecular weight excluding hydrogens is 418 g/mol. The number of fused-ring (bicyclic) bond motifs is 3. The van der Waals surface area contributed by atoms with Crippen LogP contribution in [0.1, 0.15) is 28.0 Å². The van der Waals surface area contributed by atoms with E-state index in [1.165, 1.54) is 0 Å². The molecule has 0 saturated carbocycles. The number of hydrogen-bond acceptors (Lipinski definition) is 5. The fourth-order valence-electron chi connectivity index (χ4n) is 4.28. The Hall–Kier alpha value is -4.07. The van der Waals surface area contributed by atoms with Crippen molar-refractivity contribution in [2.24, 2.45) is 0 Å². The van der Waals surface area contributed by atoms with Gasteiger partial charge in [0.05, 0.1) is 31.9 Å². The number of carbonyl (C=O) groups excluding carboxylic acids is 1. The zero-order chi connectivity index (χ0) is 22.8. The summed E-state index contributed by atoms with van der Waals surface area (Å²) in [6, 6.07) is 13.8. The summed E-state index contributed by atoms with van der Waals surface area (Å²) in [7, 11) is 3.25. The molecule has 2 aromatic carbocycles. The molecule has 1 aliphatic rings. The Morgan fingerprint density at radius 3 is 2.64 bits per heavy atom. The normalized spacial score (nSPS) is 11.7. The fraction of sp³-hybridized carbons (Fsp3) is 0.240. The molecule has 0 unspecified atom stereocenters. The molecule has 4 aromatic rings. The largest absolute Gasteiger partial charge is 0.493 e. The van der Waals surface area contributed by atoms with Crippen LogP contribution in [-0.2, 0) is 13.0 Å². The van der Waals surface area contributed by atoms with Crippen LogP contribution in [0.5, 0.6) is 11.5 Å². The van der Waals surface area contributed by atoms with Crippen LogP contribution >= 0.6 is 0 Å². The molecule has 8 nitrogen and oxygen atoms in total. The molecule has 0 radical (unpaired) electrons. The first-order valence-corrected chi connectivity index (χ1v) is 10.9. The lowest BCUT2D eigenvalue weighted by atomic mass is 10.1. The van der Waals surface area contributed by atoms with Crippen molar-refractivity contribution in [3.05, 3.63) is 78.0 Å². The Morgan fingerprint density at radius 2 is 1.91 bits per heavy atom. The molecule has 0 aliphatic heterocycles. The first-order valence-electron chi connectivity index (χ1n) is 10.9. The van der Waals surface area contributed by atoms with Crippen molar-refractivity contribution in [1.29, 1.82) is 0 Å². The molecule has 0 fully saturated rings. The van der Waals surface area contributed by atoms with Gasteiger partial charge in [0.25, 0.3) is 5.91 Å². The average molecular weight is 444 g/mol. The smallest absolute Gasteiger partial charge is 0.272 e. The second-order valence-electron chi connectivity index (χ2n) is 7.87. The minimum Gasteiger partial charge on any atom is -0.493 e. The number of carbonyl (C=O) groups is 1. The van der Waals surface area contributed by atoms with Crippen molar-refractivity contribution in [2.75, 3.05) is 20.8 Å². The number of nitrogens with zero attached hydrogens (tertiary/aromatic N) is 4. The van der Waals surface area contributed by atoms with E-state index in [2.05, 4.69) is 10.3 Å². The van der Waals surface area contributed by atoms with Gasteiger partial charge in [0.2, 0.25) is 0 Å². The van der Waals surface area contributed by atoms with Gasteiger partial charge in [-0.3, -0.25) is 4.79 Å². The van der Waals surface area contributed by atoms with E-state index >= 15 is 0 Å². The lowest BCUT2D eigenvalue weighted by Crippen LogP contribution is -2.26. The number of aryl methyl sites for hydroxylation is 1. The number of methoxy groups -OCH3 is 2. The topological polar surface area (TPSA) is 83.2 Å². The van der Waals surface area contributed by atoms with Crippen molar-refractivity contribution in [2.45, 2.75) is 19.4 Å². The van der Waals surface area contributed by atoms with E-state index in [1.54, 1.807) is 26.7 Å². The molecule has 5 rings (SSSR count). The number of para-hydroxylation sites is 1. The van der Waals surface area contributed by atoms with Crippen molar-refractivity contribution < 1.29 is 14.3 Å². The highest BCUT2D eigenvalue weighted by atomic mass is 16.5. The minimum atomic E-state index is -0.168. The highest BCUT2D eigenvalue weighted by molar-refractivity contribution is 5.97.